The van der Waals surface area contributed by atoms with Gasteiger partial charge in [0.25, 0.3) is 0 Å². The second-order valence-electron chi connectivity index (χ2n) is 11.7. The van der Waals surface area contributed by atoms with Crippen molar-refractivity contribution in [2.45, 2.75) is 25.9 Å². The smallest absolute Gasteiger partial charge is 0.336 e. The zero-order valence-corrected chi connectivity index (χ0v) is 30.3. The van der Waals surface area contributed by atoms with Crippen molar-refractivity contribution in [1.82, 2.24) is 10.6 Å². The molecule has 2 atom stereocenters. The highest BCUT2D eigenvalue weighted by Gasteiger charge is 2.38. The maximum atomic E-state index is 13.5. The number of hydrogen-bond donors (Lipinski definition) is 3. The van der Waals surface area contributed by atoms with Crippen molar-refractivity contribution < 1.29 is 52.6 Å². The number of carbonyl (C=O) groups is 2. The number of methoxy groups -OCH3 is 3. The molecule has 0 saturated carbocycles. The minimum atomic E-state index is -0.722. The van der Waals surface area contributed by atoms with Crippen LogP contribution in [0, 0.1) is 0 Å². The van der Waals surface area contributed by atoms with Crippen molar-refractivity contribution in [1.29, 1.82) is 0 Å². The summed E-state index contributed by atoms with van der Waals surface area (Å²) >= 11 is 0. The zero-order chi connectivity index (χ0) is 37.3. The largest absolute Gasteiger partial charge is 0.497 e. The molecule has 52 heavy (non-hydrogen) atoms. The molecule has 3 aromatic carbocycles. The van der Waals surface area contributed by atoms with Crippen LogP contribution in [0.2, 0.25) is 0 Å². The van der Waals surface area contributed by atoms with Gasteiger partial charge in [-0.05, 0) is 80.1 Å². The molecule has 0 fully saturated rings. The molecule has 13 heteroatoms. The third-order valence-electron chi connectivity index (χ3n) is 7.97. The number of carbonyl (C=O) groups excluding carboxylic acids is 2. The summed E-state index contributed by atoms with van der Waals surface area (Å²) in [5, 5.41) is 16.5. The lowest BCUT2D eigenvalue weighted by Gasteiger charge is -2.30. The average molecular weight is 721 g/mol. The van der Waals surface area contributed by atoms with E-state index in [2.05, 4.69) is 10.6 Å². The Morgan fingerprint density at radius 1 is 0.712 bits per heavy atom. The van der Waals surface area contributed by atoms with Gasteiger partial charge in [-0.3, -0.25) is 0 Å². The Morgan fingerprint density at radius 2 is 1.27 bits per heavy atom. The fourth-order valence-corrected chi connectivity index (χ4v) is 5.44. The predicted molar refractivity (Wildman–Crippen MR) is 193 cm³/mol. The number of esters is 2. The Hall–Kier alpha value is -5.24. The molecule has 1 aliphatic heterocycles. The van der Waals surface area contributed by atoms with E-state index >= 15 is 0 Å². The molecule has 0 bridgehead atoms. The number of aliphatic hydroxyl groups is 1. The van der Waals surface area contributed by atoms with E-state index in [0.29, 0.717) is 84.0 Å². The summed E-state index contributed by atoms with van der Waals surface area (Å²) < 4.78 is 43.8. The van der Waals surface area contributed by atoms with Gasteiger partial charge in [-0.2, -0.15) is 0 Å². The summed E-state index contributed by atoms with van der Waals surface area (Å²) in [6.07, 6.45) is -0.693. The summed E-state index contributed by atoms with van der Waals surface area (Å²) in [5.41, 5.74) is 2.46. The summed E-state index contributed by atoms with van der Waals surface area (Å²) in [5.74, 6) is 1.33. The molecule has 13 nitrogen and oxygen atoms in total. The first-order valence-electron chi connectivity index (χ1n) is 16.9. The van der Waals surface area contributed by atoms with Crippen molar-refractivity contribution in [3.8, 4) is 28.7 Å². The van der Waals surface area contributed by atoms with Crippen LogP contribution in [0.1, 0.15) is 25.3 Å². The van der Waals surface area contributed by atoms with Gasteiger partial charge in [-0.1, -0.05) is 12.1 Å². The number of nitrogens with one attached hydrogen (secondary N) is 2. The van der Waals surface area contributed by atoms with Gasteiger partial charge >= 0.3 is 11.9 Å². The van der Waals surface area contributed by atoms with Gasteiger partial charge in [0.15, 0.2) is 0 Å². The van der Waals surface area contributed by atoms with Crippen LogP contribution in [0.15, 0.2) is 95.3 Å². The van der Waals surface area contributed by atoms with Gasteiger partial charge in [0, 0.05) is 31.6 Å². The molecule has 1 heterocycles. The number of rotatable bonds is 21. The minimum absolute atomic E-state index is 0.0198. The topological polar surface area (TPSA) is 152 Å². The second-order valence-corrected chi connectivity index (χ2v) is 11.7. The summed E-state index contributed by atoms with van der Waals surface area (Å²) in [4.78, 5) is 26.3. The van der Waals surface area contributed by atoms with E-state index in [9.17, 15) is 14.7 Å². The van der Waals surface area contributed by atoms with E-state index in [4.69, 9.17) is 37.9 Å². The number of aliphatic hydroxyl groups excluding tert-OH is 1. The first kappa shape index (κ1) is 39.5. The molecule has 0 amide bonds. The third kappa shape index (κ3) is 11.7. The second kappa shape index (κ2) is 20.6. The van der Waals surface area contributed by atoms with Crippen molar-refractivity contribution in [2.75, 3.05) is 74.1 Å². The Morgan fingerprint density at radius 3 is 1.85 bits per heavy atom. The fraction of sp³-hybridized carbons (Fsp3) is 0.385. The van der Waals surface area contributed by atoms with Gasteiger partial charge in [-0.15, -0.1) is 0 Å². The Labute approximate surface area is 304 Å². The van der Waals surface area contributed by atoms with Gasteiger partial charge in [-0.25, -0.2) is 9.59 Å². The normalized spacial score (nSPS) is 14.6. The molecule has 1 aliphatic rings. The molecule has 3 aromatic rings. The van der Waals surface area contributed by atoms with Crippen LogP contribution in [-0.2, 0) is 23.8 Å². The van der Waals surface area contributed by atoms with E-state index in [1.807, 2.05) is 6.07 Å². The van der Waals surface area contributed by atoms with Crippen molar-refractivity contribution in [2.24, 2.45) is 0 Å². The van der Waals surface area contributed by atoms with Crippen molar-refractivity contribution in [3.05, 3.63) is 101 Å². The van der Waals surface area contributed by atoms with E-state index in [1.54, 1.807) is 94.8 Å². The SMILES string of the molecule is COCCOc1ccc(OCC(O)CNCCOc2ccc(OCCOC(=O)C3=C(C)NC(C)=C(C(=O)OC)C3c3cccc(OC)c3)cc2)cc1. The van der Waals surface area contributed by atoms with Gasteiger partial charge in [0.2, 0.25) is 0 Å². The van der Waals surface area contributed by atoms with Crippen molar-refractivity contribution in [3.63, 3.8) is 0 Å². The quantitative estimate of drug-likeness (QED) is 0.107. The zero-order valence-electron chi connectivity index (χ0n) is 30.3. The lowest BCUT2D eigenvalue weighted by Crippen LogP contribution is -2.33. The maximum Gasteiger partial charge on any atom is 0.336 e. The number of benzene rings is 3. The highest BCUT2D eigenvalue weighted by atomic mass is 16.6. The molecule has 0 spiro atoms. The van der Waals surface area contributed by atoms with E-state index in [0.717, 1.165) is 5.75 Å². The average Bonchev–Trinajstić information content (AvgIpc) is 3.16. The minimum Gasteiger partial charge on any atom is -0.497 e. The van der Waals surface area contributed by atoms with Gasteiger partial charge in [0.05, 0.1) is 37.9 Å². The molecule has 3 N–H and O–H groups in total. The Kier molecular flexibility index (Phi) is 15.6. The van der Waals surface area contributed by atoms with Gasteiger partial charge in [0.1, 0.15) is 67.9 Å². The van der Waals surface area contributed by atoms with Gasteiger partial charge < -0.3 is 53.6 Å². The number of hydrogen-bond acceptors (Lipinski definition) is 13. The molecule has 280 valence electrons. The highest BCUT2D eigenvalue weighted by Crippen LogP contribution is 2.40. The molecule has 2 unspecified atom stereocenters. The van der Waals surface area contributed by atoms with Crippen LogP contribution in [-0.4, -0.2) is 97.2 Å². The Balaban J connectivity index is 1.16. The van der Waals surface area contributed by atoms with E-state index < -0.39 is 24.0 Å². The monoisotopic (exact) mass is 720 g/mol. The molecule has 4 rings (SSSR count). The van der Waals surface area contributed by atoms with Crippen LogP contribution in [0.25, 0.3) is 0 Å². The lowest BCUT2D eigenvalue weighted by molar-refractivity contribution is -0.140. The summed E-state index contributed by atoms with van der Waals surface area (Å²) in [6.45, 7) is 6.00. The third-order valence-corrected chi connectivity index (χ3v) is 7.97. The number of allylic oxidation sites excluding steroid dienone is 2. The molecule has 0 radical (unpaired) electrons. The first-order chi connectivity index (χ1) is 25.2. The first-order valence-corrected chi connectivity index (χ1v) is 16.9. The van der Waals surface area contributed by atoms with Crippen LogP contribution in [0.5, 0.6) is 28.7 Å². The standard InChI is InChI=1S/C39H48N2O11/c1-26-35(38(43)47-5)37(28-7-6-8-34(23-28)46-4)36(27(2)41-26)39(44)51-22-21-50-32-11-9-30(10-12-32)48-18-17-40-24-29(42)25-52-33-15-13-31(14-16-33)49-20-19-45-3/h6-16,23,29,37,40-42H,17-22,24-25H2,1-5H3. The summed E-state index contributed by atoms with van der Waals surface area (Å²) in [6, 6.07) is 21.5. The van der Waals surface area contributed by atoms with Crippen LogP contribution in [0.4, 0.5) is 0 Å². The maximum absolute atomic E-state index is 13.5. The van der Waals surface area contributed by atoms with E-state index in [1.165, 1.54) is 7.11 Å². The highest BCUT2D eigenvalue weighted by molar-refractivity contribution is 5.99. The van der Waals surface area contributed by atoms with Crippen molar-refractivity contribution >= 4 is 11.9 Å². The lowest BCUT2D eigenvalue weighted by atomic mass is 9.80. The number of ether oxygens (including phenoxy) is 8. The Bertz CT molecular complexity index is 1660. The molecular formula is C39H48N2O11. The molecular weight excluding hydrogens is 672 g/mol. The molecule has 0 aromatic heterocycles. The fourth-order valence-electron chi connectivity index (χ4n) is 5.44. The van der Waals surface area contributed by atoms with Crippen LogP contribution >= 0.6 is 0 Å². The molecule has 0 aliphatic carbocycles. The predicted octanol–water partition coefficient (Wildman–Crippen LogP) is 4.16. The van der Waals surface area contributed by atoms with Crippen LogP contribution in [0.3, 0.4) is 0 Å². The molecule has 0 saturated heterocycles. The number of dihydropyridines is 1. The summed E-state index contributed by atoms with van der Waals surface area (Å²) in [7, 11) is 4.48. The van der Waals surface area contributed by atoms with Crippen LogP contribution < -0.4 is 34.3 Å². The van der Waals surface area contributed by atoms with E-state index in [-0.39, 0.29) is 19.8 Å².